The molecular weight excluding hydrogens is 442 g/mol. The van der Waals surface area contributed by atoms with Crippen LogP contribution in [0.25, 0.3) is 6.08 Å². The minimum Gasteiger partial charge on any atom is -0.472 e. The van der Waals surface area contributed by atoms with Crippen molar-refractivity contribution in [2.45, 2.75) is 25.8 Å². The number of anilines is 1. The van der Waals surface area contributed by atoms with E-state index in [1.807, 2.05) is 17.8 Å². The molecule has 3 aromatic heterocycles. The summed E-state index contributed by atoms with van der Waals surface area (Å²) in [6, 6.07) is 3.98. The summed E-state index contributed by atoms with van der Waals surface area (Å²) in [7, 11) is 1.86. The topological polar surface area (TPSA) is 122 Å². The Kier molecular flexibility index (Phi) is 6.90. The second-order valence-electron chi connectivity index (χ2n) is 7.79. The minimum absolute atomic E-state index is 0.160. The number of nitriles is 1. The Morgan fingerprint density at radius 1 is 1.48 bits per heavy atom. The molecule has 1 atom stereocenters. The van der Waals surface area contributed by atoms with E-state index < -0.39 is 6.09 Å². The Morgan fingerprint density at radius 3 is 3.09 bits per heavy atom. The molecule has 3 heterocycles. The SMILES string of the molecule is Cn1cnc(CNC(=O)OCC2CCc3c(sc(NC(=O)C=Cc4ccoc4)c3C#N)C2)c1. The molecule has 10 heteroatoms. The van der Waals surface area contributed by atoms with E-state index in [4.69, 9.17) is 9.15 Å². The van der Waals surface area contributed by atoms with Crippen molar-refractivity contribution in [3.8, 4) is 6.07 Å². The molecule has 2 amide bonds. The van der Waals surface area contributed by atoms with Crippen molar-refractivity contribution in [3.05, 3.63) is 64.5 Å². The first-order valence-corrected chi connectivity index (χ1v) is 11.3. The van der Waals surface area contributed by atoms with Gasteiger partial charge < -0.3 is 24.4 Å². The quantitative estimate of drug-likeness (QED) is 0.514. The molecule has 33 heavy (non-hydrogen) atoms. The number of ether oxygens (including phenoxy) is 1. The molecule has 0 saturated carbocycles. The number of aromatic nitrogens is 2. The van der Waals surface area contributed by atoms with Crippen LogP contribution in [0.3, 0.4) is 0 Å². The minimum atomic E-state index is -0.479. The normalized spacial score (nSPS) is 15.1. The lowest BCUT2D eigenvalue weighted by atomic mass is 9.88. The zero-order chi connectivity index (χ0) is 23.2. The summed E-state index contributed by atoms with van der Waals surface area (Å²) in [4.78, 5) is 29.5. The van der Waals surface area contributed by atoms with Gasteiger partial charge in [0.2, 0.25) is 5.91 Å². The molecule has 2 N–H and O–H groups in total. The lowest BCUT2D eigenvalue weighted by molar-refractivity contribution is -0.111. The van der Waals surface area contributed by atoms with Crippen molar-refractivity contribution in [2.75, 3.05) is 11.9 Å². The molecule has 1 aliphatic rings. The van der Waals surface area contributed by atoms with Gasteiger partial charge in [-0.1, -0.05) is 0 Å². The van der Waals surface area contributed by atoms with Crippen molar-refractivity contribution >= 4 is 34.4 Å². The van der Waals surface area contributed by atoms with E-state index in [2.05, 4.69) is 21.7 Å². The van der Waals surface area contributed by atoms with Gasteiger partial charge in [0, 0.05) is 29.8 Å². The van der Waals surface area contributed by atoms with Gasteiger partial charge in [0.1, 0.15) is 11.1 Å². The number of furan rings is 1. The number of carbonyl (C=O) groups excluding carboxylic acids is 2. The Bertz CT molecular complexity index is 1200. The van der Waals surface area contributed by atoms with Gasteiger partial charge in [0.05, 0.1) is 43.3 Å². The molecule has 1 unspecified atom stereocenters. The second-order valence-corrected chi connectivity index (χ2v) is 8.90. The number of aryl methyl sites for hydroxylation is 1. The van der Waals surface area contributed by atoms with Crippen LogP contribution < -0.4 is 10.6 Å². The molecule has 170 valence electrons. The Labute approximate surface area is 194 Å². The smallest absolute Gasteiger partial charge is 0.407 e. The van der Waals surface area contributed by atoms with E-state index in [0.717, 1.165) is 28.1 Å². The lowest BCUT2D eigenvalue weighted by Crippen LogP contribution is -2.27. The summed E-state index contributed by atoms with van der Waals surface area (Å²) in [5.41, 5.74) is 3.04. The van der Waals surface area contributed by atoms with Gasteiger partial charge in [-0.05, 0) is 42.9 Å². The largest absolute Gasteiger partial charge is 0.472 e. The maximum Gasteiger partial charge on any atom is 0.407 e. The molecule has 4 rings (SSSR count). The monoisotopic (exact) mass is 465 g/mol. The Morgan fingerprint density at radius 2 is 2.36 bits per heavy atom. The van der Waals surface area contributed by atoms with Crippen LogP contribution >= 0.6 is 11.3 Å². The second kappa shape index (κ2) is 10.2. The van der Waals surface area contributed by atoms with Crippen molar-refractivity contribution < 1.29 is 18.7 Å². The summed E-state index contributed by atoms with van der Waals surface area (Å²) < 4.78 is 12.2. The number of nitrogens with zero attached hydrogens (tertiary/aromatic N) is 3. The number of imidazole rings is 1. The molecule has 0 aromatic carbocycles. The number of alkyl carbamates (subject to hydrolysis) is 1. The zero-order valence-electron chi connectivity index (χ0n) is 18.0. The highest BCUT2D eigenvalue weighted by Crippen LogP contribution is 2.39. The summed E-state index contributed by atoms with van der Waals surface area (Å²) in [6.45, 7) is 0.603. The molecule has 0 spiro atoms. The average Bonchev–Trinajstić information content (AvgIpc) is 3.54. The first-order chi connectivity index (χ1) is 16.0. The van der Waals surface area contributed by atoms with Crippen LogP contribution in [0.2, 0.25) is 0 Å². The number of amides is 2. The fourth-order valence-electron chi connectivity index (χ4n) is 3.66. The summed E-state index contributed by atoms with van der Waals surface area (Å²) in [5.74, 6) is -0.149. The van der Waals surface area contributed by atoms with E-state index in [0.29, 0.717) is 36.6 Å². The van der Waals surface area contributed by atoms with E-state index in [-0.39, 0.29) is 11.8 Å². The van der Waals surface area contributed by atoms with Gasteiger partial charge in [-0.25, -0.2) is 9.78 Å². The third-order valence-electron chi connectivity index (χ3n) is 5.31. The van der Waals surface area contributed by atoms with E-state index in [1.165, 1.54) is 29.9 Å². The fourth-order valence-corrected chi connectivity index (χ4v) is 4.98. The van der Waals surface area contributed by atoms with Gasteiger partial charge in [0.15, 0.2) is 0 Å². The third-order valence-corrected chi connectivity index (χ3v) is 6.48. The molecule has 1 aliphatic carbocycles. The molecule has 0 bridgehead atoms. The molecule has 0 fully saturated rings. The number of hydrogen-bond donors (Lipinski definition) is 2. The summed E-state index contributed by atoms with van der Waals surface area (Å²) >= 11 is 1.41. The summed E-state index contributed by atoms with van der Waals surface area (Å²) in [5, 5.41) is 15.7. The van der Waals surface area contributed by atoms with Crippen LogP contribution in [-0.4, -0.2) is 28.2 Å². The molecular formula is C23H23N5O4S. The first kappa shape index (κ1) is 22.4. The average molecular weight is 466 g/mol. The molecule has 0 saturated heterocycles. The number of rotatable bonds is 7. The lowest BCUT2D eigenvalue weighted by Gasteiger charge is -2.21. The maximum absolute atomic E-state index is 12.3. The van der Waals surface area contributed by atoms with Crippen LogP contribution in [0.1, 0.15) is 33.7 Å². The number of nitrogens with one attached hydrogen (secondary N) is 2. The van der Waals surface area contributed by atoms with Crippen LogP contribution in [0.15, 0.2) is 41.6 Å². The van der Waals surface area contributed by atoms with Crippen molar-refractivity contribution in [1.29, 1.82) is 5.26 Å². The first-order valence-electron chi connectivity index (χ1n) is 10.4. The van der Waals surface area contributed by atoms with Crippen molar-refractivity contribution in [3.63, 3.8) is 0 Å². The van der Waals surface area contributed by atoms with Crippen LogP contribution in [0.5, 0.6) is 0 Å². The third kappa shape index (κ3) is 5.70. The summed E-state index contributed by atoms with van der Waals surface area (Å²) in [6.07, 6.45) is 11.4. The zero-order valence-corrected chi connectivity index (χ0v) is 18.9. The highest BCUT2D eigenvalue weighted by Gasteiger charge is 2.27. The van der Waals surface area contributed by atoms with E-state index in [9.17, 15) is 14.9 Å². The van der Waals surface area contributed by atoms with Crippen molar-refractivity contribution in [1.82, 2.24) is 14.9 Å². The van der Waals surface area contributed by atoms with Gasteiger partial charge in [-0.3, -0.25) is 4.79 Å². The number of fused-ring (bicyclic) bond motifs is 1. The highest BCUT2D eigenvalue weighted by molar-refractivity contribution is 7.16. The number of thiophene rings is 1. The maximum atomic E-state index is 12.3. The Hall–Kier alpha value is -3.84. The predicted molar refractivity (Wildman–Crippen MR) is 122 cm³/mol. The van der Waals surface area contributed by atoms with Crippen LogP contribution in [-0.2, 0) is 36.0 Å². The Balaban J connectivity index is 1.31. The fraction of sp³-hybridized carbons (Fsp3) is 0.304. The van der Waals surface area contributed by atoms with Crippen LogP contribution in [0, 0.1) is 17.2 Å². The van der Waals surface area contributed by atoms with Crippen LogP contribution in [0.4, 0.5) is 9.80 Å². The van der Waals surface area contributed by atoms with Gasteiger partial charge in [-0.2, -0.15) is 5.26 Å². The number of hydrogen-bond acceptors (Lipinski definition) is 7. The molecule has 9 nitrogen and oxygen atoms in total. The van der Waals surface area contributed by atoms with Gasteiger partial charge in [0.25, 0.3) is 0 Å². The standard InChI is InChI=1S/C23H23N5O4S/c1-28-11-17(26-14-28)10-25-23(30)32-13-16-2-4-18-19(9-24)22(33-20(18)8-16)27-21(29)5-3-15-6-7-31-12-15/h3,5-7,11-12,14,16H,2,4,8,10,13H2,1H3,(H,25,30)(H,27,29). The van der Waals surface area contributed by atoms with Gasteiger partial charge >= 0.3 is 6.09 Å². The molecule has 3 aromatic rings. The van der Waals surface area contributed by atoms with Gasteiger partial charge in [-0.15, -0.1) is 11.3 Å². The predicted octanol–water partition coefficient (Wildman–Crippen LogP) is 3.63. The van der Waals surface area contributed by atoms with Crippen molar-refractivity contribution in [2.24, 2.45) is 13.0 Å². The molecule has 0 radical (unpaired) electrons. The highest BCUT2D eigenvalue weighted by atomic mass is 32.1. The van der Waals surface area contributed by atoms with E-state index >= 15 is 0 Å². The number of carbonyl (C=O) groups is 2. The molecule has 0 aliphatic heterocycles. The van der Waals surface area contributed by atoms with E-state index in [1.54, 1.807) is 18.5 Å².